The minimum absolute atomic E-state index is 0.0523. The highest BCUT2D eigenvalue weighted by Crippen LogP contribution is 2.31. The van der Waals surface area contributed by atoms with Gasteiger partial charge < -0.3 is 10.7 Å². The lowest BCUT2D eigenvalue weighted by atomic mass is 9.86. The summed E-state index contributed by atoms with van der Waals surface area (Å²) < 4.78 is 0. The van der Waals surface area contributed by atoms with Crippen LogP contribution in [0.2, 0.25) is 0 Å². The summed E-state index contributed by atoms with van der Waals surface area (Å²) in [5, 5.41) is 1.28. The second-order valence-electron chi connectivity index (χ2n) is 5.05. The second kappa shape index (κ2) is 5.13. The summed E-state index contributed by atoms with van der Waals surface area (Å²) in [4.78, 5) is 15.5. The Morgan fingerprint density at radius 3 is 2.95 bits per heavy atom. The number of thiocarbonyl (C=S) groups is 1. The molecule has 1 amide bonds. The molecule has 0 radical (unpaired) electrons. The van der Waals surface area contributed by atoms with Crippen molar-refractivity contribution in [3.8, 4) is 0 Å². The SMILES string of the molecule is NC(=S)NNC(=O)C1CCc2[nH]c3ccccc3c2C1. The van der Waals surface area contributed by atoms with E-state index in [-0.39, 0.29) is 16.9 Å². The van der Waals surface area contributed by atoms with Gasteiger partial charge in [0.2, 0.25) is 5.91 Å². The maximum atomic E-state index is 12.1. The highest BCUT2D eigenvalue weighted by atomic mass is 32.1. The van der Waals surface area contributed by atoms with Crippen LogP contribution < -0.4 is 16.6 Å². The summed E-state index contributed by atoms with van der Waals surface area (Å²) in [7, 11) is 0. The predicted octanol–water partition coefficient (Wildman–Crippen LogP) is 1.14. The van der Waals surface area contributed by atoms with E-state index in [4.69, 9.17) is 5.73 Å². The van der Waals surface area contributed by atoms with E-state index in [2.05, 4.69) is 40.2 Å². The number of rotatable bonds is 1. The summed E-state index contributed by atoms with van der Waals surface area (Å²) in [6.45, 7) is 0. The zero-order valence-electron chi connectivity index (χ0n) is 10.9. The van der Waals surface area contributed by atoms with Crippen molar-refractivity contribution in [3.63, 3.8) is 0 Å². The Balaban J connectivity index is 1.80. The molecule has 1 aliphatic carbocycles. The molecule has 104 valence electrons. The summed E-state index contributed by atoms with van der Waals surface area (Å²) in [5.74, 6) is -0.114. The molecule has 5 N–H and O–H groups in total. The second-order valence-corrected chi connectivity index (χ2v) is 5.49. The lowest BCUT2D eigenvalue weighted by molar-refractivity contribution is -0.125. The Bertz CT molecular complexity index is 679. The Morgan fingerprint density at radius 1 is 1.35 bits per heavy atom. The molecule has 5 nitrogen and oxygen atoms in total. The van der Waals surface area contributed by atoms with Crippen molar-refractivity contribution in [3.05, 3.63) is 35.5 Å². The molecular formula is C14H16N4OS. The Hall–Kier alpha value is -2.08. The largest absolute Gasteiger partial charge is 0.375 e. The third-order valence-corrected chi connectivity index (χ3v) is 3.88. The van der Waals surface area contributed by atoms with Crippen LogP contribution in [0.5, 0.6) is 0 Å². The number of nitrogens with two attached hydrogens (primary N) is 1. The number of carbonyl (C=O) groups is 1. The number of carbonyl (C=O) groups excluding carboxylic acids is 1. The van der Waals surface area contributed by atoms with Crippen LogP contribution in [0.25, 0.3) is 10.9 Å². The number of aromatic nitrogens is 1. The Morgan fingerprint density at radius 2 is 2.15 bits per heavy atom. The maximum Gasteiger partial charge on any atom is 0.241 e. The molecule has 0 bridgehead atoms. The topological polar surface area (TPSA) is 82.9 Å². The maximum absolute atomic E-state index is 12.1. The number of benzene rings is 1. The minimum Gasteiger partial charge on any atom is -0.375 e. The van der Waals surface area contributed by atoms with Crippen molar-refractivity contribution >= 4 is 34.1 Å². The van der Waals surface area contributed by atoms with Gasteiger partial charge in [-0.05, 0) is 43.1 Å². The third-order valence-electron chi connectivity index (χ3n) is 3.78. The molecular weight excluding hydrogens is 272 g/mol. The molecule has 6 heteroatoms. The summed E-state index contributed by atoms with van der Waals surface area (Å²) in [6, 6.07) is 8.20. The third kappa shape index (κ3) is 2.34. The van der Waals surface area contributed by atoms with Crippen molar-refractivity contribution in [1.29, 1.82) is 0 Å². The van der Waals surface area contributed by atoms with Crippen LogP contribution in [-0.4, -0.2) is 16.0 Å². The van der Waals surface area contributed by atoms with E-state index < -0.39 is 0 Å². The fourth-order valence-corrected chi connectivity index (χ4v) is 2.87. The molecule has 0 aliphatic heterocycles. The van der Waals surface area contributed by atoms with Gasteiger partial charge in [0.05, 0.1) is 0 Å². The van der Waals surface area contributed by atoms with Gasteiger partial charge in [-0.3, -0.25) is 15.6 Å². The first-order chi connectivity index (χ1) is 9.65. The molecule has 0 fully saturated rings. The van der Waals surface area contributed by atoms with Gasteiger partial charge in [-0.25, -0.2) is 0 Å². The predicted molar refractivity (Wildman–Crippen MR) is 81.9 cm³/mol. The molecule has 0 spiro atoms. The van der Waals surface area contributed by atoms with Gasteiger partial charge in [-0.1, -0.05) is 18.2 Å². The number of hydrogen-bond acceptors (Lipinski definition) is 2. The van der Waals surface area contributed by atoms with E-state index >= 15 is 0 Å². The van der Waals surface area contributed by atoms with Gasteiger partial charge in [-0.15, -0.1) is 0 Å². The molecule has 1 aromatic heterocycles. The van der Waals surface area contributed by atoms with Crippen LogP contribution in [-0.2, 0) is 17.6 Å². The zero-order valence-corrected chi connectivity index (χ0v) is 11.7. The number of amides is 1. The lowest BCUT2D eigenvalue weighted by Crippen LogP contribution is -2.47. The van der Waals surface area contributed by atoms with Crippen molar-refractivity contribution < 1.29 is 4.79 Å². The summed E-state index contributed by atoms with van der Waals surface area (Å²) in [5.41, 5.74) is 14.0. The van der Waals surface area contributed by atoms with E-state index in [0.717, 1.165) is 24.8 Å². The van der Waals surface area contributed by atoms with Crippen LogP contribution in [0, 0.1) is 5.92 Å². The normalized spacial score (nSPS) is 17.5. The number of hydrazine groups is 1. The Labute approximate surface area is 121 Å². The number of hydrogen-bond donors (Lipinski definition) is 4. The highest BCUT2D eigenvalue weighted by molar-refractivity contribution is 7.80. The van der Waals surface area contributed by atoms with Crippen LogP contribution >= 0.6 is 12.2 Å². The number of para-hydroxylation sites is 1. The molecule has 0 saturated heterocycles. The quantitative estimate of drug-likeness (QED) is 0.468. The molecule has 20 heavy (non-hydrogen) atoms. The van der Waals surface area contributed by atoms with E-state index in [9.17, 15) is 4.79 Å². The van der Waals surface area contributed by atoms with Crippen LogP contribution in [0.15, 0.2) is 24.3 Å². The van der Waals surface area contributed by atoms with E-state index in [1.165, 1.54) is 16.6 Å². The Kier molecular flexibility index (Phi) is 3.31. The molecule has 1 atom stereocenters. The standard InChI is InChI=1S/C14H16N4OS/c15-14(20)18-17-13(19)8-5-6-12-10(7-8)9-3-1-2-4-11(9)16-12/h1-4,8,16H,5-7H2,(H,17,19)(H3,15,18,20). The molecule has 3 rings (SSSR count). The number of aryl methyl sites for hydroxylation is 1. The van der Waals surface area contributed by atoms with Gasteiger partial charge in [0.1, 0.15) is 0 Å². The molecule has 1 heterocycles. The fourth-order valence-electron chi connectivity index (χ4n) is 2.82. The first-order valence-corrected chi connectivity index (χ1v) is 6.99. The molecule has 0 saturated carbocycles. The van der Waals surface area contributed by atoms with Crippen molar-refractivity contribution in [2.75, 3.05) is 0 Å². The lowest BCUT2D eigenvalue weighted by Gasteiger charge is -2.21. The molecule has 1 aliphatic rings. The van der Waals surface area contributed by atoms with Crippen molar-refractivity contribution in [1.82, 2.24) is 15.8 Å². The van der Waals surface area contributed by atoms with Gasteiger partial charge in [0, 0.05) is 22.5 Å². The van der Waals surface area contributed by atoms with Gasteiger partial charge in [-0.2, -0.15) is 0 Å². The summed E-state index contributed by atoms with van der Waals surface area (Å²) >= 11 is 4.67. The van der Waals surface area contributed by atoms with Crippen molar-refractivity contribution in [2.24, 2.45) is 11.7 Å². The smallest absolute Gasteiger partial charge is 0.241 e. The van der Waals surface area contributed by atoms with E-state index in [1.807, 2.05) is 12.1 Å². The number of nitrogens with one attached hydrogen (secondary N) is 3. The van der Waals surface area contributed by atoms with Gasteiger partial charge >= 0.3 is 0 Å². The number of fused-ring (bicyclic) bond motifs is 3. The number of H-pyrrole nitrogens is 1. The average molecular weight is 288 g/mol. The molecule has 1 aromatic carbocycles. The first-order valence-electron chi connectivity index (χ1n) is 6.59. The zero-order chi connectivity index (χ0) is 14.1. The number of aromatic amines is 1. The van der Waals surface area contributed by atoms with E-state index in [0.29, 0.717) is 0 Å². The van der Waals surface area contributed by atoms with Crippen LogP contribution in [0.4, 0.5) is 0 Å². The minimum atomic E-state index is -0.0614. The van der Waals surface area contributed by atoms with E-state index in [1.54, 1.807) is 0 Å². The first kappa shape index (κ1) is 12.9. The average Bonchev–Trinajstić information content (AvgIpc) is 2.82. The van der Waals surface area contributed by atoms with Gasteiger partial charge in [0.25, 0.3) is 0 Å². The van der Waals surface area contributed by atoms with Crippen molar-refractivity contribution in [2.45, 2.75) is 19.3 Å². The highest BCUT2D eigenvalue weighted by Gasteiger charge is 2.27. The van der Waals surface area contributed by atoms with Gasteiger partial charge in [0.15, 0.2) is 5.11 Å². The molecule has 2 aromatic rings. The molecule has 1 unspecified atom stereocenters. The monoisotopic (exact) mass is 288 g/mol. The van der Waals surface area contributed by atoms with Crippen LogP contribution in [0.3, 0.4) is 0 Å². The summed E-state index contributed by atoms with van der Waals surface area (Å²) in [6.07, 6.45) is 2.45. The fraction of sp³-hybridized carbons (Fsp3) is 0.286. The van der Waals surface area contributed by atoms with Crippen LogP contribution in [0.1, 0.15) is 17.7 Å².